The number of aromatic nitrogens is 2. The van der Waals surface area contributed by atoms with Gasteiger partial charge in [-0.25, -0.2) is 0 Å². The summed E-state index contributed by atoms with van der Waals surface area (Å²) in [5.41, 5.74) is 7.77. The third kappa shape index (κ3) is 1.44. The SMILES string of the molecule is Cn1nc(N)c(C#N)c1-c1ccccc1. The van der Waals surface area contributed by atoms with Gasteiger partial charge in [0.05, 0.1) is 5.69 Å². The molecular formula is C11H10N4. The predicted molar refractivity (Wildman–Crippen MR) is 57.8 cm³/mol. The Labute approximate surface area is 87.6 Å². The third-order valence-corrected chi connectivity index (χ3v) is 2.23. The molecule has 0 unspecified atom stereocenters. The van der Waals surface area contributed by atoms with Crippen LogP contribution in [-0.2, 0) is 7.05 Å². The van der Waals surface area contributed by atoms with Crippen molar-refractivity contribution in [3.05, 3.63) is 35.9 Å². The van der Waals surface area contributed by atoms with Crippen LogP contribution in [0, 0.1) is 11.3 Å². The Balaban J connectivity index is 2.69. The minimum atomic E-state index is 0.277. The molecule has 4 nitrogen and oxygen atoms in total. The molecule has 74 valence electrons. The van der Waals surface area contributed by atoms with E-state index >= 15 is 0 Å². The van der Waals surface area contributed by atoms with Crippen molar-refractivity contribution in [1.29, 1.82) is 5.26 Å². The highest BCUT2D eigenvalue weighted by atomic mass is 15.3. The zero-order valence-electron chi connectivity index (χ0n) is 8.31. The van der Waals surface area contributed by atoms with E-state index in [-0.39, 0.29) is 5.82 Å². The smallest absolute Gasteiger partial charge is 0.164 e. The molecule has 0 aliphatic heterocycles. The molecule has 0 bridgehead atoms. The van der Waals surface area contributed by atoms with E-state index in [1.807, 2.05) is 30.3 Å². The molecule has 2 N–H and O–H groups in total. The number of nitriles is 1. The van der Waals surface area contributed by atoms with Gasteiger partial charge in [0, 0.05) is 12.6 Å². The number of aryl methyl sites for hydroxylation is 1. The summed E-state index contributed by atoms with van der Waals surface area (Å²) in [5.74, 6) is 0.277. The number of benzene rings is 1. The van der Waals surface area contributed by atoms with E-state index in [4.69, 9.17) is 11.0 Å². The Morgan fingerprint density at radius 1 is 1.33 bits per heavy atom. The highest BCUT2D eigenvalue weighted by Crippen LogP contribution is 2.25. The molecule has 0 saturated heterocycles. The lowest BCUT2D eigenvalue weighted by Crippen LogP contribution is -1.94. The van der Waals surface area contributed by atoms with Gasteiger partial charge in [0.25, 0.3) is 0 Å². The lowest BCUT2D eigenvalue weighted by molar-refractivity contribution is 0.780. The number of hydrogen-bond donors (Lipinski definition) is 1. The first-order chi connectivity index (χ1) is 7.24. The molecule has 0 saturated carbocycles. The number of hydrogen-bond acceptors (Lipinski definition) is 3. The summed E-state index contributed by atoms with van der Waals surface area (Å²) in [6, 6.07) is 11.7. The average molecular weight is 198 g/mol. The maximum absolute atomic E-state index is 8.99. The van der Waals surface area contributed by atoms with Gasteiger partial charge in [0.1, 0.15) is 11.6 Å². The molecule has 0 radical (unpaired) electrons. The first-order valence-corrected chi connectivity index (χ1v) is 4.52. The molecule has 0 spiro atoms. The number of nitrogens with zero attached hydrogens (tertiary/aromatic N) is 3. The summed E-state index contributed by atoms with van der Waals surface area (Å²) in [7, 11) is 1.78. The molecule has 2 rings (SSSR count). The van der Waals surface area contributed by atoms with Gasteiger partial charge in [0.15, 0.2) is 5.82 Å². The van der Waals surface area contributed by atoms with Crippen molar-refractivity contribution in [3.63, 3.8) is 0 Å². The highest BCUT2D eigenvalue weighted by molar-refractivity contribution is 5.72. The predicted octanol–water partition coefficient (Wildman–Crippen LogP) is 1.54. The Hall–Kier alpha value is -2.28. The summed E-state index contributed by atoms with van der Waals surface area (Å²) in [6.07, 6.45) is 0. The molecule has 2 aromatic rings. The van der Waals surface area contributed by atoms with Crippen LogP contribution in [0.3, 0.4) is 0 Å². The second-order valence-corrected chi connectivity index (χ2v) is 3.21. The molecule has 1 heterocycles. The van der Waals surface area contributed by atoms with E-state index in [1.54, 1.807) is 11.7 Å². The number of nitrogens with two attached hydrogens (primary N) is 1. The summed E-state index contributed by atoms with van der Waals surface area (Å²) in [4.78, 5) is 0. The Bertz CT molecular complexity index is 520. The average Bonchev–Trinajstić information content (AvgIpc) is 2.54. The largest absolute Gasteiger partial charge is 0.381 e. The summed E-state index contributed by atoms with van der Waals surface area (Å²) in [5, 5.41) is 13.0. The van der Waals surface area contributed by atoms with Crippen molar-refractivity contribution in [2.24, 2.45) is 7.05 Å². The van der Waals surface area contributed by atoms with Gasteiger partial charge >= 0.3 is 0 Å². The zero-order valence-corrected chi connectivity index (χ0v) is 8.31. The van der Waals surface area contributed by atoms with Crippen LogP contribution in [0.25, 0.3) is 11.3 Å². The van der Waals surface area contributed by atoms with E-state index in [0.29, 0.717) is 5.56 Å². The number of anilines is 1. The maximum Gasteiger partial charge on any atom is 0.164 e. The minimum absolute atomic E-state index is 0.277. The molecule has 0 aliphatic carbocycles. The summed E-state index contributed by atoms with van der Waals surface area (Å²) >= 11 is 0. The van der Waals surface area contributed by atoms with E-state index in [2.05, 4.69) is 11.2 Å². The van der Waals surface area contributed by atoms with Crippen molar-refractivity contribution >= 4 is 5.82 Å². The van der Waals surface area contributed by atoms with Crippen LogP contribution in [0.15, 0.2) is 30.3 Å². The lowest BCUT2D eigenvalue weighted by Gasteiger charge is -2.01. The number of nitrogen functional groups attached to an aromatic ring is 1. The molecule has 0 atom stereocenters. The van der Waals surface area contributed by atoms with Gasteiger partial charge in [-0.15, -0.1) is 0 Å². The molecule has 0 aliphatic rings. The van der Waals surface area contributed by atoms with Gasteiger partial charge in [0.2, 0.25) is 0 Å². The summed E-state index contributed by atoms with van der Waals surface area (Å²) < 4.78 is 1.63. The topological polar surface area (TPSA) is 67.6 Å². The van der Waals surface area contributed by atoms with Gasteiger partial charge in [-0.1, -0.05) is 30.3 Å². The van der Waals surface area contributed by atoms with Gasteiger partial charge in [-0.3, -0.25) is 4.68 Å². The third-order valence-electron chi connectivity index (χ3n) is 2.23. The molecule has 0 amide bonds. The Morgan fingerprint density at radius 3 is 2.60 bits per heavy atom. The summed E-state index contributed by atoms with van der Waals surface area (Å²) in [6.45, 7) is 0. The van der Waals surface area contributed by atoms with E-state index in [1.165, 1.54) is 0 Å². The molecule has 0 fully saturated rings. The normalized spacial score (nSPS) is 9.87. The second kappa shape index (κ2) is 3.46. The van der Waals surface area contributed by atoms with E-state index < -0.39 is 0 Å². The first kappa shape index (κ1) is 9.28. The van der Waals surface area contributed by atoms with Gasteiger partial charge in [-0.2, -0.15) is 10.4 Å². The van der Waals surface area contributed by atoms with Gasteiger partial charge in [-0.05, 0) is 0 Å². The quantitative estimate of drug-likeness (QED) is 0.755. The van der Waals surface area contributed by atoms with Crippen molar-refractivity contribution < 1.29 is 0 Å². The fourth-order valence-electron chi connectivity index (χ4n) is 1.58. The lowest BCUT2D eigenvalue weighted by atomic mass is 10.1. The Kier molecular flexibility index (Phi) is 2.14. The van der Waals surface area contributed by atoms with Crippen molar-refractivity contribution in [2.45, 2.75) is 0 Å². The highest BCUT2D eigenvalue weighted by Gasteiger charge is 2.14. The molecule has 15 heavy (non-hydrogen) atoms. The first-order valence-electron chi connectivity index (χ1n) is 4.52. The monoisotopic (exact) mass is 198 g/mol. The van der Waals surface area contributed by atoms with Crippen LogP contribution in [0.2, 0.25) is 0 Å². The molecule has 1 aromatic heterocycles. The van der Waals surface area contributed by atoms with Crippen LogP contribution in [0.1, 0.15) is 5.56 Å². The van der Waals surface area contributed by atoms with Crippen molar-refractivity contribution in [2.75, 3.05) is 5.73 Å². The minimum Gasteiger partial charge on any atom is -0.381 e. The van der Waals surface area contributed by atoms with Crippen LogP contribution >= 0.6 is 0 Å². The van der Waals surface area contributed by atoms with E-state index in [9.17, 15) is 0 Å². The van der Waals surface area contributed by atoms with Crippen LogP contribution < -0.4 is 5.73 Å². The van der Waals surface area contributed by atoms with Crippen LogP contribution in [-0.4, -0.2) is 9.78 Å². The van der Waals surface area contributed by atoms with Crippen LogP contribution in [0.4, 0.5) is 5.82 Å². The fourth-order valence-corrected chi connectivity index (χ4v) is 1.58. The Morgan fingerprint density at radius 2 is 2.00 bits per heavy atom. The number of rotatable bonds is 1. The van der Waals surface area contributed by atoms with Crippen molar-refractivity contribution in [1.82, 2.24) is 9.78 Å². The second-order valence-electron chi connectivity index (χ2n) is 3.21. The maximum atomic E-state index is 8.99. The van der Waals surface area contributed by atoms with Gasteiger partial charge < -0.3 is 5.73 Å². The zero-order chi connectivity index (χ0) is 10.8. The molecule has 1 aromatic carbocycles. The molecule has 4 heteroatoms. The van der Waals surface area contributed by atoms with E-state index in [0.717, 1.165) is 11.3 Å². The standard InChI is InChI=1S/C11H10N4/c1-15-10(8-5-3-2-4-6-8)9(7-12)11(13)14-15/h2-6H,1H3,(H2,13,14). The van der Waals surface area contributed by atoms with Crippen LogP contribution in [0.5, 0.6) is 0 Å². The molecular weight excluding hydrogens is 188 g/mol. The van der Waals surface area contributed by atoms with Crippen molar-refractivity contribution in [3.8, 4) is 17.3 Å². The fraction of sp³-hybridized carbons (Fsp3) is 0.0909.